The van der Waals surface area contributed by atoms with Crippen LogP contribution in [0.3, 0.4) is 0 Å². The van der Waals surface area contributed by atoms with Crippen molar-refractivity contribution in [1.29, 1.82) is 0 Å². The van der Waals surface area contributed by atoms with E-state index in [9.17, 15) is 0 Å². The average Bonchev–Trinajstić information content (AvgIpc) is 2.74. The molecule has 2 N–H and O–H groups in total. The molecule has 2 unspecified atom stereocenters. The van der Waals surface area contributed by atoms with Gasteiger partial charge in [-0.05, 0) is 31.5 Å². The van der Waals surface area contributed by atoms with E-state index >= 15 is 0 Å². The predicted octanol–water partition coefficient (Wildman–Crippen LogP) is 2.14. The number of likely N-dealkylation sites (tertiary alicyclic amines) is 1. The van der Waals surface area contributed by atoms with Crippen LogP contribution in [0, 0.1) is 0 Å². The van der Waals surface area contributed by atoms with Gasteiger partial charge in [0.2, 0.25) is 0 Å². The quantitative estimate of drug-likeness (QED) is 0.832. The first-order valence-electron chi connectivity index (χ1n) is 5.92. The lowest BCUT2D eigenvalue weighted by Gasteiger charge is -2.33. The van der Waals surface area contributed by atoms with Crippen molar-refractivity contribution >= 4 is 23.1 Å². The summed E-state index contributed by atoms with van der Waals surface area (Å²) in [4.78, 5) is 3.94. The highest BCUT2D eigenvalue weighted by molar-refractivity contribution is 8.01. The maximum atomic E-state index is 6.10. The lowest BCUT2D eigenvalue weighted by atomic mass is 9.93. The number of hydrogen-bond donors (Lipinski definition) is 1. The topological polar surface area (TPSA) is 29.3 Å². The highest BCUT2D eigenvalue weighted by Crippen LogP contribution is 2.42. The molecule has 0 aromatic carbocycles. The lowest BCUT2D eigenvalue weighted by molar-refractivity contribution is 0.228. The molecular weight excluding hydrogens is 236 g/mol. The summed E-state index contributed by atoms with van der Waals surface area (Å²) in [6, 6.07) is 2.80. The van der Waals surface area contributed by atoms with Crippen LogP contribution in [0.1, 0.15) is 22.8 Å². The molecule has 0 radical (unpaired) electrons. The van der Waals surface area contributed by atoms with Gasteiger partial charge in [0.1, 0.15) is 0 Å². The fourth-order valence-electron chi connectivity index (χ4n) is 2.76. The monoisotopic (exact) mass is 254 g/mol. The van der Waals surface area contributed by atoms with Crippen molar-refractivity contribution in [3.8, 4) is 0 Å². The van der Waals surface area contributed by atoms with Gasteiger partial charge in [-0.15, -0.1) is 23.1 Å². The minimum Gasteiger partial charge on any atom is -0.327 e. The van der Waals surface area contributed by atoms with Crippen LogP contribution in [0.5, 0.6) is 0 Å². The van der Waals surface area contributed by atoms with E-state index in [1.807, 2.05) is 23.1 Å². The first-order valence-corrected chi connectivity index (χ1v) is 7.72. The van der Waals surface area contributed by atoms with Crippen molar-refractivity contribution in [2.75, 3.05) is 25.9 Å². The average molecular weight is 254 g/mol. The molecule has 1 aromatic rings. The van der Waals surface area contributed by atoms with E-state index in [0.29, 0.717) is 12.0 Å². The van der Waals surface area contributed by atoms with Crippen molar-refractivity contribution in [3.05, 3.63) is 16.5 Å². The number of aryl methyl sites for hydroxylation is 1. The molecule has 1 fully saturated rings. The van der Waals surface area contributed by atoms with Crippen molar-refractivity contribution in [1.82, 2.24) is 4.90 Å². The molecule has 1 aromatic heterocycles. The molecular formula is C12H18N2S2. The molecule has 16 heavy (non-hydrogen) atoms. The minimum absolute atomic E-state index is 0.355. The third kappa shape index (κ3) is 2.04. The maximum absolute atomic E-state index is 6.10. The summed E-state index contributed by atoms with van der Waals surface area (Å²) in [6.45, 7) is 2.23. The van der Waals surface area contributed by atoms with Crippen LogP contribution >= 0.6 is 23.1 Å². The summed E-state index contributed by atoms with van der Waals surface area (Å²) in [5.74, 6) is 1.95. The van der Waals surface area contributed by atoms with Crippen LogP contribution < -0.4 is 5.73 Å². The molecule has 2 aliphatic rings. The standard InChI is InChI=1S/C12H18N2S2/c1-14-6-9(4-10(13)7-14)11-5-8-2-3-15-12(8)16-11/h5,9-10H,2-4,6-7,13H2,1H3. The van der Waals surface area contributed by atoms with Gasteiger partial charge in [-0.25, -0.2) is 0 Å². The van der Waals surface area contributed by atoms with Crippen molar-refractivity contribution in [3.63, 3.8) is 0 Å². The Labute approximate surface area is 105 Å². The first kappa shape index (κ1) is 11.1. The van der Waals surface area contributed by atoms with Gasteiger partial charge in [-0.3, -0.25) is 0 Å². The van der Waals surface area contributed by atoms with Gasteiger partial charge in [-0.2, -0.15) is 0 Å². The molecule has 0 bridgehead atoms. The second kappa shape index (κ2) is 4.33. The largest absolute Gasteiger partial charge is 0.327 e. The minimum atomic E-state index is 0.355. The highest BCUT2D eigenvalue weighted by atomic mass is 32.2. The number of nitrogens with two attached hydrogens (primary N) is 1. The second-order valence-electron chi connectivity index (χ2n) is 4.97. The number of fused-ring (bicyclic) bond motifs is 1. The van der Waals surface area contributed by atoms with E-state index in [4.69, 9.17) is 5.73 Å². The Morgan fingerprint density at radius 2 is 2.31 bits per heavy atom. The fourth-order valence-corrected chi connectivity index (χ4v) is 5.43. The summed E-state index contributed by atoms with van der Waals surface area (Å²) >= 11 is 4.04. The smallest absolute Gasteiger partial charge is 0.0634 e. The Morgan fingerprint density at radius 1 is 1.44 bits per heavy atom. The normalized spacial score (nSPS) is 30.6. The zero-order valence-corrected chi connectivity index (χ0v) is 11.2. The summed E-state index contributed by atoms with van der Waals surface area (Å²) in [5, 5.41) is 0. The number of piperidine rings is 1. The fraction of sp³-hybridized carbons (Fsp3) is 0.667. The van der Waals surface area contributed by atoms with Crippen molar-refractivity contribution < 1.29 is 0 Å². The Balaban J connectivity index is 1.80. The molecule has 0 spiro atoms. The van der Waals surface area contributed by atoms with Crippen LogP contribution in [0.15, 0.2) is 10.3 Å². The van der Waals surface area contributed by atoms with Gasteiger partial charge in [-0.1, -0.05) is 0 Å². The van der Waals surface area contributed by atoms with Crippen LogP contribution in [0.25, 0.3) is 0 Å². The molecule has 1 saturated heterocycles. The van der Waals surface area contributed by atoms with E-state index in [1.165, 1.54) is 18.7 Å². The van der Waals surface area contributed by atoms with Gasteiger partial charge in [0.15, 0.2) is 0 Å². The summed E-state index contributed by atoms with van der Waals surface area (Å²) in [7, 11) is 2.18. The Morgan fingerprint density at radius 3 is 3.06 bits per heavy atom. The summed E-state index contributed by atoms with van der Waals surface area (Å²) < 4.78 is 1.57. The SMILES string of the molecule is CN1CC(N)CC(c2cc3c(s2)SCC3)C1. The van der Waals surface area contributed by atoms with Crippen LogP contribution in [-0.4, -0.2) is 36.8 Å². The zero-order valence-electron chi connectivity index (χ0n) is 9.61. The maximum Gasteiger partial charge on any atom is 0.0634 e. The number of thioether (sulfide) groups is 1. The number of thiophene rings is 1. The first-order chi connectivity index (χ1) is 7.72. The number of hydrogen-bond acceptors (Lipinski definition) is 4. The Kier molecular flexibility index (Phi) is 3.00. The van der Waals surface area contributed by atoms with Gasteiger partial charge in [0, 0.05) is 35.7 Å². The number of likely N-dealkylation sites (N-methyl/N-ethyl adjacent to an activating group) is 1. The molecule has 2 nitrogen and oxygen atoms in total. The van der Waals surface area contributed by atoms with E-state index in [1.54, 1.807) is 14.6 Å². The summed E-state index contributed by atoms with van der Waals surface area (Å²) in [6.07, 6.45) is 2.43. The molecule has 2 aliphatic heterocycles. The molecule has 88 valence electrons. The lowest BCUT2D eigenvalue weighted by Crippen LogP contribution is -2.43. The van der Waals surface area contributed by atoms with Gasteiger partial charge in [0.05, 0.1) is 4.21 Å². The second-order valence-corrected chi connectivity index (χ2v) is 7.42. The predicted molar refractivity (Wildman–Crippen MR) is 71.6 cm³/mol. The van der Waals surface area contributed by atoms with Gasteiger partial charge < -0.3 is 10.6 Å². The van der Waals surface area contributed by atoms with E-state index in [-0.39, 0.29) is 0 Å². The molecule has 4 heteroatoms. The molecule has 3 rings (SSSR count). The van der Waals surface area contributed by atoms with Crippen LogP contribution in [0.4, 0.5) is 0 Å². The van der Waals surface area contributed by atoms with Crippen LogP contribution in [0.2, 0.25) is 0 Å². The number of nitrogens with zero attached hydrogens (tertiary/aromatic N) is 1. The highest BCUT2D eigenvalue weighted by Gasteiger charge is 2.27. The molecule has 3 heterocycles. The van der Waals surface area contributed by atoms with E-state index in [0.717, 1.165) is 13.0 Å². The van der Waals surface area contributed by atoms with E-state index < -0.39 is 0 Å². The zero-order chi connectivity index (χ0) is 11.1. The Bertz CT molecular complexity index is 357. The third-order valence-corrected chi connectivity index (χ3v) is 6.13. The third-order valence-electron chi connectivity index (χ3n) is 3.46. The molecule has 0 amide bonds. The van der Waals surface area contributed by atoms with Crippen LogP contribution in [-0.2, 0) is 6.42 Å². The summed E-state index contributed by atoms with van der Waals surface area (Å²) in [5.41, 5.74) is 7.69. The molecule has 2 atom stereocenters. The van der Waals surface area contributed by atoms with Crippen molar-refractivity contribution in [2.45, 2.75) is 29.0 Å². The Hall–Kier alpha value is -0.0300. The molecule has 0 aliphatic carbocycles. The van der Waals surface area contributed by atoms with Gasteiger partial charge in [0.25, 0.3) is 0 Å². The van der Waals surface area contributed by atoms with Gasteiger partial charge >= 0.3 is 0 Å². The molecule has 0 saturated carbocycles. The van der Waals surface area contributed by atoms with E-state index in [2.05, 4.69) is 18.0 Å². The van der Waals surface area contributed by atoms with Crippen molar-refractivity contribution in [2.24, 2.45) is 5.73 Å². The number of rotatable bonds is 1.